The van der Waals surface area contributed by atoms with Crippen molar-refractivity contribution in [3.63, 3.8) is 0 Å². The van der Waals surface area contributed by atoms with Gasteiger partial charge in [-0.05, 0) is 7.05 Å². The van der Waals surface area contributed by atoms with Crippen molar-refractivity contribution in [2.24, 2.45) is 0 Å². The second-order valence-corrected chi connectivity index (χ2v) is 4.64. The number of hydrogen-bond donors (Lipinski definition) is 0. The zero-order valence-corrected chi connectivity index (χ0v) is 10.8. The smallest absolute Gasteiger partial charge is 0.305 e. The minimum absolute atomic E-state index is 0.376. The highest BCUT2D eigenvalue weighted by Crippen LogP contribution is 2.23. The lowest BCUT2D eigenvalue weighted by molar-refractivity contribution is -0.387. The van der Waals surface area contributed by atoms with E-state index in [2.05, 4.69) is 0 Å². The van der Waals surface area contributed by atoms with Crippen molar-refractivity contribution >= 4 is 11.6 Å². The molecular formula is C12H13F2N3O3. The van der Waals surface area contributed by atoms with E-state index in [1.54, 1.807) is 0 Å². The monoisotopic (exact) mass is 285 g/mol. The molecule has 1 aliphatic heterocycles. The van der Waals surface area contributed by atoms with Crippen molar-refractivity contribution in [1.82, 2.24) is 9.80 Å². The predicted molar refractivity (Wildman–Crippen MR) is 66.4 cm³/mol. The molecule has 0 spiro atoms. The van der Waals surface area contributed by atoms with Gasteiger partial charge in [0.25, 0.3) is 5.91 Å². The number of benzene rings is 1. The van der Waals surface area contributed by atoms with E-state index in [0.29, 0.717) is 38.3 Å². The summed E-state index contributed by atoms with van der Waals surface area (Å²) in [7, 11) is 1.89. The highest BCUT2D eigenvalue weighted by Gasteiger charge is 2.27. The summed E-state index contributed by atoms with van der Waals surface area (Å²) in [6.07, 6.45) is 0. The van der Waals surface area contributed by atoms with Crippen LogP contribution in [0, 0.1) is 21.7 Å². The number of halogens is 2. The van der Waals surface area contributed by atoms with Crippen molar-refractivity contribution in [2.75, 3.05) is 33.2 Å². The molecule has 8 heteroatoms. The van der Waals surface area contributed by atoms with Gasteiger partial charge in [-0.3, -0.25) is 14.9 Å². The first-order valence-corrected chi connectivity index (χ1v) is 6.01. The number of hydrogen-bond acceptors (Lipinski definition) is 4. The van der Waals surface area contributed by atoms with E-state index >= 15 is 0 Å². The van der Waals surface area contributed by atoms with Crippen LogP contribution in [0.3, 0.4) is 0 Å². The van der Waals surface area contributed by atoms with Crippen molar-refractivity contribution in [3.8, 4) is 0 Å². The lowest BCUT2D eigenvalue weighted by Crippen LogP contribution is -2.47. The van der Waals surface area contributed by atoms with Crippen LogP contribution in [0.4, 0.5) is 14.5 Å². The van der Waals surface area contributed by atoms with Crippen LogP contribution in [-0.2, 0) is 0 Å². The Kier molecular flexibility index (Phi) is 3.93. The molecule has 0 atom stereocenters. The molecule has 0 unspecified atom stereocenters. The van der Waals surface area contributed by atoms with Gasteiger partial charge in [0.2, 0.25) is 5.82 Å². The van der Waals surface area contributed by atoms with Crippen LogP contribution in [-0.4, -0.2) is 53.9 Å². The largest absolute Gasteiger partial charge is 0.336 e. The highest BCUT2D eigenvalue weighted by molar-refractivity contribution is 5.95. The lowest BCUT2D eigenvalue weighted by atomic mass is 10.1. The average Bonchev–Trinajstić information content (AvgIpc) is 2.38. The number of likely N-dealkylation sites (N-methyl/N-ethyl adjacent to an activating group) is 1. The van der Waals surface area contributed by atoms with Crippen molar-refractivity contribution in [2.45, 2.75) is 0 Å². The molecule has 1 aromatic carbocycles. The summed E-state index contributed by atoms with van der Waals surface area (Å²) in [4.78, 5) is 25.2. The van der Waals surface area contributed by atoms with Crippen molar-refractivity contribution in [1.29, 1.82) is 0 Å². The molecule has 6 nitrogen and oxygen atoms in total. The first kappa shape index (κ1) is 14.3. The summed E-state index contributed by atoms with van der Waals surface area (Å²) in [6, 6.07) is 1.03. The van der Waals surface area contributed by atoms with Gasteiger partial charge >= 0.3 is 5.69 Å². The maximum Gasteiger partial charge on any atom is 0.305 e. The van der Waals surface area contributed by atoms with Crippen LogP contribution in [0.1, 0.15) is 10.4 Å². The van der Waals surface area contributed by atoms with E-state index in [0.717, 1.165) is 0 Å². The number of nitro groups is 1. The van der Waals surface area contributed by atoms with Gasteiger partial charge in [0.15, 0.2) is 0 Å². The van der Waals surface area contributed by atoms with Gasteiger partial charge in [0.05, 0.1) is 10.5 Å². The van der Waals surface area contributed by atoms with Gasteiger partial charge < -0.3 is 9.80 Å². The van der Waals surface area contributed by atoms with E-state index in [1.807, 2.05) is 11.9 Å². The zero-order chi connectivity index (χ0) is 14.9. The van der Waals surface area contributed by atoms with E-state index in [-0.39, 0.29) is 0 Å². The van der Waals surface area contributed by atoms with E-state index in [9.17, 15) is 23.7 Å². The summed E-state index contributed by atoms with van der Waals surface area (Å²) in [6.45, 7) is 2.08. The van der Waals surface area contributed by atoms with E-state index in [4.69, 9.17) is 0 Å². The van der Waals surface area contributed by atoms with Crippen molar-refractivity contribution in [3.05, 3.63) is 39.4 Å². The fourth-order valence-corrected chi connectivity index (χ4v) is 2.02. The quantitative estimate of drug-likeness (QED) is 0.606. The molecule has 20 heavy (non-hydrogen) atoms. The molecular weight excluding hydrogens is 272 g/mol. The second kappa shape index (κ2) is 5.49. The van der Waals surface area contributed by atoms with E-state index < -0.39 is 33.7 Å². The molecule has 2 rings (SSSR count). The molecule has 1 aliphatic rings. The van der Waals surface area contributed by atoms with Crippen LogP contribution >= 0.6 is 0 Å². The number of carbonyl (C=O) groups excluding carboxylic acids is 1. The Morgan fingerprint density at radius 1 is 1.20 bits per heavy atom. The van der Waals surface area contributed by atoms with Gasteiger partial charge in [0.1, 0.15) is 5.82 Å². The van der Waals surface area contributed by atoms with Gasteiger partial charge in [0, 0.05) is 38.3 Å². The fourth-order valence-electron chi connectivity index (χ4n) is 2.02. The van der Waals surface area contributed by atoms with Crippen LogP contribution in [0.2, 0.25) is 0 Å². The summed E-state index contributed by atoms with van der Waals surface area (Å²) < 4.78 is 26.9. The number of carbonyl (C=O) groups is 1. The van der Waals surface area contributed by atoms with Gasteiger partial charge in [-0.1, -0.05) is 0 Å². The van der Waals surface area contributed by atoms with Crippen molar-refractivity contribution < 1.29 is 18.5 Å². The minimum atomic E-state index is -1.29. The molecule has 0 radical (unpaired) electrons. The molecule has 0 aromatic heterocycles. The molecule has 1 heterocycles. The van der Waals surface area contributed by atoms with Crippen LogP contribution in [0.25, 0.3) is 0 Å². The molecule has 1 amide bonds. The number of piperazine rings is 1. The normalized spacial score (nSPS) is 16.2. The lowest BCUT2D eigenvalue weighted by Gasteiger charge is -2.32. The SMILES string of the molecule is CN1CCN(C(=O)c2cc([N+](=O)[O-])c(F)cc2F)CC1. The molecule has 0 bridgehead atoms. The molecule has 108 valence electrons. The number of amides is 1. The average molecular weight is 285 g/mol. The Morgan fingerprint density at radius 3 is 2.35 bits per heavy atom. The molecule has 0 aliphatic carbocycles. The Labute approximate surface area is 113 Å². The fraction of sp³-hybridized carbons (Fsp3) is 0.417. The van der Waals surface area contributed by atoms with Crippen LogP contribution in [0.15, 0.2) is 12.1 Å². The minimum Gasteiger partial charge on any atom is -0.336 e. The third-order valence-corrected chi connectivity index (χ3v) is 3.25. The first-order valence-electron chi connectivity index (χ1n) is 6.01. The van der Waals surface area contributed by atoms with E-state index in [1.165, 1.54) is 4.90 Å². The first-order chi connectivity index (χ1) is 9.40. The number of rotatable bonds is 2. The Morgan fingerprint density at radius 2 is 1.80 bits per heavy atom. The third-order valence-electron chi connectivity index (χ3n) is 3.25. The molecule has 1 aromatic rings. The topological polar surface area (TPSA) is 66.7 Å². The number of nitrogens with zero attached hydrogens (tertiary/aromatic N) is 3. The Hall–Kier alpha value is -2.09. The molecule has 1 fully saturated rings. The standard InChI is InChI=1S/C12H13F2N3O3/c1-15-2-4-16(5-3-15)12(18)8-6-11(17(19)20)10(14)7-9(8)13/h6-7H,2-5H2,1H3. The van der Waals surface area contributed by atoms with Gasteiger partial charge in [-0.2, -0.15) is 4.39 Å². The van der Waals surface area contributed by atoms with Crippen LogP contribution in [0.5, 0.6) is 0 Å². The summed E-state index contributed by atoms with van der Waals surface area (Å²) in [5.74, 6) is -3.03. The zero-order valence-electron chi connectivity index (χ0n) is 10.8. The maximum atomic E-state index is 13.7. The molecule has 0 N–H and O–H groups in total. The third kappa shape index (κ3) is 2.74. The summed E-state index contributed by atoms with van der Waals surface area (Å²) in [5, 5.41) is 10.6. The predicted octanol–water partition coefficient (Wildman–Crippen LogP) is 1.26. The second-order valence-electron chi connectivity index (χ2n) is 4.64. The summed E-state index contributed by atoms with van der Waals surface area (Å²) in [5.41, 5.74) is -1.37. The molecule has 1 saturated heterocycles. The maximum absolute atomic E-state index is 13.7. The Balaban J connectivity index is 2.30. The molecule has 0 saturated carbocycles. The van der Waals surface area contributed by atoms with Crippen LogP contribution < -0.4 is 0 Å². The highest BCUT2D eigenvalue weighted by atomic mass is 19.1. The summed E-state index contributed by atoms with van der Waals surface area (Å²) >= 11 is 0. The van der Waals surface area contributed by atoms with Gasteiger partial charge in [-0.15, -0.1) is 0 Å². The Bertz CT molecular complexity index is 557. The number of nitro benzene ring substituents is 1. The van der Waals surface area contributed by atoms with Gasteiger partial charge in [-0.25, -0.2) is 4.39 Å².